The predicted octanol–water partition coefficient (Wildman–Crippen LogP) is 4.42. The second-order valence-electron chi connectivity index (χ2n) is 6.92. The van der Waals surface area contributed by atoms with Crippen LogP contribution in [0, 0.1) is 0 Å². The Morgan fingerprint density at radius 1 is 1.00 bits per heavy atom. The number of hydrogen-bond acceptors (Lipinski definition) is 2. The van der Waals surface area contributed by atoms with Crippen molar-refractivity contribution in [2.24, 2.45) is 0 Å². The van der Waals surface area contributed by atoms with Crippen LogP contribution in [0.2, 0.25) is 0 Å². The fourth-order valence-electron chi connectivity index (χ4n) is 2.96. The third kappa shape index (κ3) is 7.10. The number of aliphatic carboxylic acids is 1. The first-order valence-electron chi connectivity index (χ1n) is 9.12. The highest BCUT2D eigenvalue weighted by atomic mass is 16.4. The average Bonchev–Trinajstić information content (AvgIpc) is 2.60. The third-order valence-corrected chi connectivity index (χ3v) is 4.52. The van der Waals surface area contributed by atoms with E-state index in [0.717, 1.165) is 19.4 Å². The van der Waals surface area contributed by atoms with Gasteiger partial charge in [0.1, 0.15) is 0 Å². The van der Waals surface area contributed by atoms with E-state index in [2.05, 4.69) is 55.6 Å². The van der Waals surface area contributed by atoms with Crippen LogP contribution in [0.4, 0.5) is 0 Å². The molecule has 0 aliphatic carbocycles. The predicted molar refractivity (Wildman–Crippen MR) is 103 cm³/mol. The zero-order valence-electron chi connectivity index (χ0n) is 15.2. The Kier molecular flexibility index (Phi) is 7.68. The lowest BCUT2D eigenvalue weighted by molar-refractivity contribution is -0.137. The lowest BCUT2D eigenvalue weighted by atomic mass is 10.00. The van der Waals surface area contributed by atoms with Gasteiger partial charge in [0.2, 0.25) is 0 Å². The molecular formula is C22H29NO2. The molecule has 0 fully saturated rings. The van der Waals surface area contributed by atoms with Crippen molar-refractivity contribution < 1.29 is 9.90 Å². The topological polar surface area (TPSA) is 49.3 Å². The van der Waals surface area contributed by atoms with Gasteiger partial charge in [0.05, 0.1) is 0 Å². The second kappa shape index (κ2) is 10.00. The summed E-state index contributed by atoms with van der Waals surface area (Å²) < 4.78 is 0. The highest BCUT2D eigenvalue weighted by molar-refractivity contribution is 5.66. The molecule has 0 bridgehead atoms. The van der Waals surface area contributed by atoms with E-state index >= 15 is 0 Å². The van der Waals surface area contributed by atoms with Gasteiger partial charge in [-0.2, -0.15) is 0 Å². The second-order valence-corrected chi connectivity index (χ2v) is 6.92. The van der Waals surface area contributed by atoms with Crippen LogP contribution >= 0.6 is 0 Å². The molecule has 2 aromatic rings. The Hall–Kier alpha value is -2.13. The summed E-state index contributed by atoms with van der Waals surface area (Å²) in [5.74, 6) is -0.178. The summed E-state index contributed by atoms with van der Waals surface area (Å²) in [5, 5.41) is 12.5. The summed E-state index contributed by atoms with van der Waals surface area (Å²) in [5.41, 5.74) is 3.92. The van der Waals surface area contributed by atoms with E-state index in [1.54, 1.807) is 0 Å². The summed E-state index contributed by atoms with van der Waals surface area (Å²) in [6, 6.07) is 19.2. The van der Waals surface area contributed by atoms with E-state index < -0.39 is 5.97 Å². The molecular weight excluding hydrogens is 310 g/mol. The van der Waals surface area contributed by atoms with Crippen LogP contribution in [-0.4, -0.2) is 23.7 Å². The van der Waals surface area contributed by atoms with Crippen LogP contribution in [-0.2, 0) is 17.6 Å². The molecule has 3 nitrogen and oxygen atoms in total. The van der Waals surface area contributed by atoms with Gasteiger partial charge in [0, 0.05) is 12.5 Å². The van der Waals surface area contributed by atoms with Crippen molar-refractivity contribution >= 4 is 5.97 Å². The number of carboxylic acid groups (broad SMARTS) is 1. The van der Waals surface area contributed by atoms with Gasteiger partial charge in [0.15, 0.2) is 0 Å². The number of benzene rings is 2. The highest BCUT2D eigenvalue weighted by Gasteiger charge is 2.11. The van der Waals surface area contributed by atoms with Gasteiger partial charge >= 0.3 is 5.97 Å². The van der Waals surface area contributed by atoms with Gasteiger partial charge in [-0.15, -0.1) is 0 Å². The monoisotopic (exact) mass is 339 g/mol. The minimum atomic E-state index is -0.732. The third-order valence-electron chi connectivity index (χ3n) is 4.52. The molecule has 0 spiro atoms. The maximum atomic E-state index is 10.9. The van der Waals surface area contributed by atoms with E-state index in [1.807, 2.05) is 18.2 Å². The van der Waals surface area contributed by atoms with Gasteiger partial charge < -0.3 is 10.4 Å². The fourth-order valence-corrected chi connectivity index (χ4v) is 2.96. The van der Waals surface area contributed by atoms with Crippen molar-refractivity contribution in [2.75, 3.05) is 6.54 Å². The zero-order valence-corrected chi connectivity index (χ0v) is 15.2. The van der Waals surface area contributed by atoms with Crippen LogP contribution in [0.1, 0.15) is 49.3 Å². The van der Waals surface area contributed by atoms with Gasteiger partial charge in [-0.05, 0) is 48.4 Å². The number of carboxylic acids is 1. The minimum Gasteiger partial charge on any atom is -0.481 e. The van der Waals surface area contributed by atoms with Crippen molar-refractivity contribution in [1.82, 2.24) is 5.32 Å². The molecule has 1 unspecified atom stereocenters. The molecule has 0 aromatic heterocycles. The molecule has 2 rings (SSSR count). The standard InChI is InChI=1S/C22H29NO2/c1-17(2)20-10-8-18(9-11-20)14-15-23-21(12-13-22(24)25)16-19-6-4-3-5-7-19/h3-11,17,21,23H,12-16H2,1-2H3,(H,24,25). The van der Waals surface area contributed by atoms with Crippen LogP contribution in [0.15, 0.2) is 54.6 Å². The molecule has 25 heavy (non-hydrogen) atoms. The van der Waals surface area contributed by atoms with Crippen molar-refractivity contribution in [1.29, 1.82) is 0 Å². The molecule has 134 valence electrons. The number of hydrogen-bond donors (Lipinski definition) is 2. The first-order chi connectivity index (χ1) is 12.0. The van der Waals surface area contributed by atoms with E-state index in [0.29, 0.717) is 12.3 Å². The van der Waals surface area contributed by atoms with Crippen molar-refractivity contribution in [3.05, 3.63) is 71.3 Å². The van der Waals surface area contributed by atoms with E-state index in [1.165, 1.54) is 16.7 Å². The summed E-state index contributed by atoms with van der Waals surface area (Å²) in [6.07, 6.45) is 2.67. The zero-order chi connectivity index (χ0) is 18.1. The van der Waals surface area contributed by atoms with Crippen molar-refractivity contribution in [3.63, 3.8) is 0 Å². The Labute approximate surface area is 151 Å². The van der Waals surface area contributed by atoms with E-state index in [-0.39, 0.29) is 12.5 Å². The highest BCUT2D eigenvalue weighted by Crippen LogP contribution is 2.15. The van der Waals surface area contributed by atoms with Crippen molar-refractivity contribution in [3.8, 4) is 0 Å². The lowest BCUT2D eigenvalue weighted by Crippen LogP contribution is -2.33. The first-order valence-corrected chi connectivity index (χ1v) is 9.12. The maximum Gasteiger partial charge on any atom is 0.303 e. The van der Waals surface area contributed by atoms with Gasteiger partial charge in [-0.25, -0.2) is 0 Å². The van der Waals surface area contributed by atoms with E-state index in [9.17, 15) is 4.79 Å². The summed E-state index contributed by atoms with van der Waals surface area (Å²) in [6.45, 7) is 5.26. The van der Waals surface area contributed by atoms with Gasteiger partial charge in [-0.3, -0.25) is 4.79 Å². The Balaban J connectivity index is 1.86. The minimum absolute atomic E-state index is 0.188. The van der Waals surface area contributed by atoms with E-state index in [4.69, 9.17) is 5.11 Å². The quantitative estimate of drug-likeness (QED) is 0.674. The van der Waals surface area contributed by atoms with Crippen LogP contribution in [0.5, 0.6) is 0 Å². The molecule has 0 heterocycles. The summed E-state index contributed by atoms with van der Waals surface area (Å²) >= 11 is 0. The van der Waals surface area contributed by atoms with Crippen LogP contribution in [0.3, 0.4) is 0 Å². The molecule has 0 saturated carbocycles. The Bertz CT molecular complexity index is 635. The molecule has 3 heteroatoms. The molecule has 0 amide bonds. The molecule has 2 N–H and O–H groups in total. The largest absolute Gasteiger partial charge is 0.481 e. The Morgan fingerprint density at radius 2 is 1.68 bits per heavy atom. The average molecular weight is 339 g/mol. The molecule has 0 saturated heterocycles. The number of nitrogens with one attached hydrogen (secondary N) is 1. The van der Waals surface area contributed by atoms with Crippen LogP contribution in [0.25, 0.3) is 0 Å². The molecule has 0 aliphatic heterocycles. The molecule has 1 atom stereocenters. The van der Waals surface area contributed by atoms with Crippen molar-refractivity contribution in [2.45, 2.75) is 51.5 Å². The fraction of sp³-hybridized carbons (Fsp3) is 0.409. The Morgan fingerprint density at radius 3 is 2.28 bits per heavy atom. The van der Waals surface area contributed by atoms with Crippen LogP contribution < -0.4 is 5.32 Å². The lowest BCUT2D eigenvalue weighted by Gasteiger charge is -2.18. The van der Waals surface area contributed by atoms with Gasteiger partial charge in [-0.1, -0.05) is 68.4 Å². The molecule has 0 radical (unpaired) electrons. The first kappa shape index (κ1) is 19.2. The normalized spacial score (nSPS) is 12.3. The van der Waals surface area contributed by atoms with Gasteiger partial charge in [0.25, 0.3) is 0 Å². The summed E-state index contributed by atoms with van der Waals surface area (Å²) in [4.78, 5) is 10.9. The number of rotatable bonds is 10. The maximum absolute atomic E-state index is 10.9. The number of carbonyl (C=O) groups is 1. The molecule has 2 aromatic carbocycles. The summed E-state index contributed by atoms with van der Waals surface area (Å²) in [7, 11) is 0. The molecule has 0 aliphatic rings. The SMILES string of the molecule is CC(C)c1ccc(CCNC(CCC(=O)O)Cc2ccccc2)cc1. The smallest absolute Gasteiger partial charge is 0.303 e.